The van der Waals surface area contributed by atoms with E-state index in [1.165, 1.54) is 17.7 Å². The molecule has 4 atom stereocenters. The second-order valence-corrected chi connectivity index (χ2v) is 12.7. The molecule has 3 N–H and O–H groups in total. The highest BCUT2D eigenvalue weighted by atomic mass is 32.2. The average Bonchev–Trinajstić information content (AvgIpc) is 2.90. The predicted molar refractivity (Wildman–Crippen MR) is 153 cm³/mol. The van der Waals surface area contributed by atoms with Crippen LogP contribution in [-0.2, 0) is 40.5 Å². The molecule has 39 heavy (non-hydrogen) atoms. The van der Waals surface area contributed by atoms with Gasteiger partial charge in [0.25, 0.3) is 0 Å². The smallest absolute Gasteiger partial charge is 0.412 e. The number of aliphatic hydroxyl groups excluding tert-OH is 1. The Labute approximate surface area is 232 Å². The molecule has 0 saturated carbocycles. The third kappa shape index (κ3) is 8.21. The van der Waals surface area contributed by atoms with Crippen molar-refractivity contribution in [1.82, 2.24) is 5.32 Å². The largest absolute Gasteiger partial charge is 0.444 e. The molecule has 1 saturated heterocycles. The normalized spacial score (nSPS) is 21.4. The van der Waals surface area contributed by atoms with Crippen LogP contribution >= 0.6 is 0 Å². The fourth-order valence-corrected chi connectivity index (χ4v) is 6.39. The molecule has 3 aromatic carbocycles. The van der Waals surface area contributed by atoms with Crippen LogP contribution < -0.4 is 10.6 Å². The topological polar surface area (TPSA) is 87.7 Å². The van der Waals surface area contributed by atoms with E-state index >= 15 is 0 Å². The summed E-state index contributed by atoms with van der Waals surface area (Å²) < 4.78 is 32.6. The van der Waals surface area contributed by atoms with E-state index in [2.05, 4.69) is 43.5 Å². The quantitative estimate of drug-likeness (QED) is 0.353. The van der Waals surface area contributed by atoms with Gasteiger partial charge >= 0.3 is 6.09 Å². The van der Waals surface area contributed by atoms with Gasteiger partial charge < -0.3 is 15.2 Å². The Morgan fingerprint density at radius 3 is 2.46 bits per heavy atom. The van der Waals surface area contributed by atoms with E-state index in [9.17, 15) is 18.5 Å². The van der Waals surface area contributed by atoms with Crippen LogP contribution in [0.2, 0.25) is 0 Å². The molecule has 1 fully saturated rings. The lowest BCUT2D eigenvalue weighted by molar-refractivity contribution is 0.0795. The Bertz CT molecular complexity index is 1300. The number of hydrogen-bond donors (Lipinski definition) is 3. The maximum absolute atomic E-state index is 14.8. The highest BCUT2D eigenvalue weighted by molar-refractivity contribution is 7.85. The molecule has 0 unspecified atom stereocenters. The first-order valence-corrected chi connectivity index (χ1v) is 14.7. The van der Waals surface area contributed by atoms with Crippen LogP contribution in [0.3, 0.4) is 0 Å². The van der Waals surface area contributed by atoms with E-state index in [0.29, 0.717) is 30.0 Å². The van der Waals surface area contributed by atoms with Crippen LogP contribution in [0.5, 0.6) is 0 Å². The van der Waals surface area contributed by atoms with Crippen LogP contribution in [0.1, 0.15) is 43.0 Å². The number of carbonyl (C=O) groups excluding carboxylic acids is 1. The van der Waals surface area contributed by atoms with Crippen molar-refractivity contribution in [1.29, 1.82) is 0 Å². The molecular formula is C31H37FN2O4S. The maximum Gasteiger partial charge on any atom is 0.412 e. The summed E-state index contributed by atoms with van der Waals surface area (Å²) in [7, 11) is -1.10. The Kier molecular flexibility index (Phi) is 9.53. The van der Waals surface area contributed by atoms with Crippen LogP contribution in [0.4, 0.5) is 14.9 Å². The number of nitrogens with one attached hydrogen (secondary N) is 2. The average molecular weight is 553 g/mol. The van der Waals surface area contributed by atoms with Crippen molar-refractivity contribution in [3.8, 4) is 0 Å². The highest BCUT2D eigenvalue weighted by Gasteiger charge is 2.35. The van der Waals surface area contributed by atoms with Crippen LogP contribution in [-0.4, -0.2) is 39.1 Å². The predicted octanol–water partition coefficient (Wildman–Crippen LogP) is 5.31. The van der Waals surface area contributed by atoms with Gasteiger partial charge in [-0.15, -0.1) is 0 Å². The summed E-state index contributed by atoms with van der Waals surface area (Å²) in [5.74, 6) is -0.151. The van der Waals surface area contributed by atoms with Gasteiger partial charge in [0.05, 0.1) is 11.8 Å². The maximum atomic E-state index is 14.8. The van der Waals surface area contributed by atoms with Crippen molar-refractivity contribution in [3.63, 3.8) is 0 Å². The lowest BCUT2D eigenvalue weighted by Crippen LogP contribution is -2.53. The van der Waals surface area contributed by atoms with Gasteiger partial charge in [-0.2, -0.15) is 0 Å². The highest BCUT2D eigenvalue weighted by Crippen LogP contribution is 2.26. The number of hydrogen-bond acceptors (Lipinski definition) is 5. The molecule has 6 nitrogen and oxygen atoms in total. The molecule has 1 aliphatic rings. The molecule has 0 aromatic heterocycles. The Morgan fingerprint density at radius 2 is 1.74 bits per heavy atom. The lowest BCUT2D eigenvalue weighted by Gasteiger charge is -2.35. The minimum Gasteiger partial charge on any atom is -0.444 e. The van der Waals surface area contributed by atoms with Gasteiger partial charge in [0, 0.05) is 40.8 Å². The van der Waals surface area contributed by atoms with E-state index in [0.717, 1.165) is 11.1 Å². The minimum absolute atomic E-state index is 0.0154. The zero-order valence-corrected chi connectivity index (χ0v) is 23.5. The number of anilines is 1. The second kappa shape index (κ2) is 12.9. The summed E-state index contributed by atoms with van der Waals surface area (Å²) in [6.07, 6.45) is -1.09. The third-order valence-corrected chi connectivity index (χ3v) is 8.53. The van der Waals surface area contributed by atoms with E-state index in [-0.39, 0.29) is 29.7 Å². The van der Waals surface area contributed by atoms with Gasteiger partial charge in [0.2, 0.25) is 0 Å². The first kappa shape index (κ1) is 28.9. The molecule has 4 rings (SSSR count). The molecule has 1 amide bonds. The third-order valence-electron chi connectivity index (χ3n) is 7.00. The number of halogens is 1. The van der Waals surface area contributed by atoms with Crippen LogP contribution in [0.15, 0.2) is 72.8 Å². The summed E-state index contributed by atoms with van der Waals surface area (Å²) in [4.78, 5) is 12.1. The van der Waals surface area contributed by atoms with Crippen molar-refractivity contribution in [3.05, 3.63) is 101 Å². The summed E-state index contributed by atoms with van der Waals surface area (Å²) in [6, 6.07) is 21.8. The molecule has 208 valence electrons. The number of carbonyl (C=O) groups is 1. The number of ether oxygens (including phenoxy) is 1. The Hall–Kier alpha value is -3.07. The zero-order valence-electron chi connectivity index (χ0n) is 22.7. The van der Waals surface area contributed by atoms with Crippen molar-refractivity contribution in [2.24, 2.45) is 5.92 Å². The van der Waals surface area contributed by atoms with E-state index in [1.54, 1.807) is 6.07 Å². The molecule has 1 aliphatic heterocycles. The Balaban J connectivity index is 1.33. The van der Waals surface area contributed by atoms with E-state index in [4.69, 9.17) is 4.74 Å². The number of amides is 1. The summed E-state index contributed by atoms with van der Waals surface area (Å²) >= 11 is 0. The van der Waals surface area contributed by atoms with E-state index < -0.39 is 28.8 Å². The van der Waals surface area contributed by atoms with Gasteiger partial charge in [-0.25, -0.2) is 9.18 Å². The molecular weight excluding hydrogens is 515 g/mol. The SMILES string of the molecule is CC(C)(C)c1cccc(CN[C@H]2C[S@@](=O)C[C@@H](Cc3ccc(NC(=O)OCc4ccccc4)c(F)c3)[C@@H]2O)c1. The van der Waals surface area contributed by atoms with Crippen molar-refractivity contribution < 1.29 is 23.2 Å². The number of rotatable bonds is 8. The summed E-state index contributed by atoms with van der Waals surface area (Å²) in [6.45, 7) is 7.15. The standard InChI is InChI=1S/C31H37FN2O4S/c1-31(2,3)25-11-7-10-23(15-25)17-33-28-20-39(37)19-24(29(28)35)14-22-12-13-27(26(32)16-22)34-30(36)38-18-21-8-5-4-6-9-21/h4-13,15-16,24,28-29,33,35H,14,17-20H2,1-3H3,(H,34,36)/t24-,28+,29+,39+/m1/s1. The first-order valence-electron chi connectivity index (χ1n) is 13.2. The molecule has 0 spiro atoms. The minimum atomic E-state index is -1.10. The number of aliphatic hydroxyl groups is 1. The fraction of sp³-hybridized carbons (Fsp3) is 0.387. The Morgan fingerprint density at radius 1 is 1.00 bits per heavy atom. The van der Waals surface area contributed by atoms with Gasteiger partial charge in [0.1, 0.15) is 12.4 Å². The molecule has 0 bridgehead atoms. The van der Waals surface area contributed by atoms with Gasteiger partial charge in [0.15, 0.2) is 0 Å². The van der Waals surface area contributed by atoms with Gasteiger partial charge in [-0.3, -0.25) is 9.53 Å². The summed E-state index contributed by atoms with van der Waals surface area (Å²) in [5.41, 5.74) is 3.89. The van der Waals surface area contributed by atoms with Crippen LogP contribution in [0.25, 0.3) is 0 Å². The van der Waals surface area contributed by atoms with Gasteiger partial charge in [-0.05, 0) is 46.2 Å². The number of benzene rings is 3. The van der Waals surface area contributed by atoms with Crippen LogP contribution in [0, 0.1) is 11.7 Å². The fourth-order valence-electron chi connectivity index (χ4n) is 4.75. The molecule has 3 aromatic rings. The lowest BCUT2D eigenvalue weighted by atomic mass is 9.86. The van der Waals surface area contributed by atoms with Gasteiger partial charge in [-0.1, -0.05) is 81.4 Å². The molecule has 1 heterocycles. The zero-order chi connectivity index (χ0) is 28.0. The molecule has 0 aliphatic carbocycles. The molecule has 8 heteroatoms. The van der Waals surface area contributed by atoms with E-state index in [1.807, 2.05) is 42.5 Å². The van der Waals surface area contributed by atoms with Crippen molar-refractivity contribution in [2.75, 3.05) is 16.8 Å². The first-order chi connectivity index (χ1) is 18.6. The van der Waals surface area contributed by atoms with Crippen molar-refractivity contribution in [2.45, 2.75) is 57.9 Å². The second-order valence-electron chi connectivity index (χ2n) is 11.2. The molecule has 0 radical (unpaired) electrons. The summed E-state index contributed by atoms with van der Waals surface area (Å²) in [5, 5.41) is 16.9. The monoisotopic (exact) mass is 552 g/mol. The van der Waals surface area contributed by atoms with Crippen molar-refractivity contribution >= 4 is 22.6 Å².